The Morgan fingerprint density at radius 2 is 0.860 bits per heavy atom. The number of aliphatic carboxylic acids is 1. The van der Waals surface area contributed by atoms with Crippen LogP contribution in [0.25, 0.3) is 0 Å². The Labute approximate surface area is 270 Å². The summed E-state index contributed by atoms with van der Waals surface area (Å²) < 4.78 is 5.29. The molecule has 0 aromatic carbocycles. The second kappa shape index (κ2) is 33.8. The van der Waals surface area contributed by atoms with E-state index >= 15 is 0 Å². The number of rotatable bonds is 30. The smallest absolute Gasteiger partial charge is 0.311 e. The maximum Gasteiger partial charge on any atom is 0.311 e. The van der Waals surface area contributed by atoms with Crippen LogP contribution in [0.3, 0.4) is 0 Å². The highest BCUT2D eigenvalue weighted by Crippen LogP contribution is 2.17. The molecule has 0 amide bonds. The second-order valence-electron chi connectivity index (χ2n) is 14.6. The molecule has 1 N–H and O–H groups in total. The van der Waals surface area contributed by atoms with E-state index in [2.05, 4.69) is 20.8 Å². The summed E-state index contributed by atoms with van der Waals surface area (Å²) in [6.07, 6.45) is 36.3. The first-order chi connectivity index (χ1) is 20.6. The van der Waals surface area contributed by atoms with Crippen LogP contribution in [0.2, 0.25) is 0 Å². The molecule has 4 heteroatoms. The zero-order valence-corrected chi connectivity index (χ0v) is 30.3. The van der Waals surface area contributed by atoms with Crippen LogP contribution in [0, 0.1) is 11.3 Å². The van der Waals surface area contributed by atoms with Crippen molar-refractivity contribution in [1.82, 2.24) is 0 Å². The first-order valence-electron chi connectivity index (χ1n) is 19.0. The zero-order valence-electron chi connectivity index (χ0n) is 30.3. The van der Waals surface area contributed by atoms with E-state index in [1.807, 2.05) is 20.8 Å². The maximum absolute atomic E-state index is 11.6. The number of carboxylic acid groups (broad SMARTS) is 1. The van der Waals surface area contributed by atoms with Gasteiger partial charge in [-0.1, -0.05) is 181 Å². The summed E-state index contributed by atoms with van der Waals surface area (Å²) in [5.41, 5.74) is -0.367. The predicted molar refractivity (Wildman–Crippen MR) is 188 cm³/mol. The van der Waals surface area contributed by atoms with E-state index in [9.17, 15) is 9.59 Å². The monoisotopic (exact) mass is 611 g/mol. The molecule has 0 saturated heterocycles. The van der Waals surface area contributed by atoms with E-state index in [-0.39, 0.29) is 11.4 Å². The molecule has 0 aliphatic carbocycles. The lowest BCUT2D eigenvalue weighted by molar-refractivity contribution is -0.153. The summed E-state index contributed by atoms with van der Waals surface area (Å²) in [7, 11) is 0. The van der Waals surface area contributed by atoms with Gasteiger partial charge in [0.15, 0.2) is 0 Å². The number of esters is 1. The summed E-state index contributed by atoms with van der Waals surface area (Å²) in [6, 6.07) is 0. The fourth-order valence-electron chi connectivity index (χ4n) is 5.27. The van der Waals surface area contributed by atoms with Crippen molar-refractivity contribution in [1.29, 1.82) is 0 Å². The first kappa shape index (κ1) is 44.1. The number of unbranched alkanes of at least 4 members (excludes halogenated alkanes) is 24. The fraction of sp³-hybridized carbons (Fsp3) is 0.949. The van der Waals surface area contributed by atoms with Gasteiger partial charge in [0, 0.05) is 6.42 Å². The van der Waals surface area contributed by atoms with Crippen molar-refractivity contribution in [2.75, 3.05) is 6.61 Å². The molecule has 0 saturated carbocycles. The molecule has 0 spiro atoms. The van der Waals surface area contributed by atoms with Gasteiger partial charge in [0.2, 0.25) is 0 Å². The van der Waals surface area contributed by atoms with Crippen LogP contribution >= 0.6 is 0 Å². The van der Waals surface area contributed by atoms with Crippen molar-refractivity contribution in [3.05, 3.63) is 0 Å². The SMILES string of the molecule is CC(C)CCCCCCCCCCCCCCCOC(=O)C(C)(C)C.CCCCCCCCCCCCCCCC(=O)O. The lowest BCUT2D eigenvalue weighted by Crippen LogP contribution is -2.23. The van der Waals surface area contributed by atoms with E-state index < -0.39 is 5.97 Å². The number of carbonyl (C=O) groups excluding carboxylic acids is 1. The summed E-state index contributed by atoms with van der Waals surface area (Å²) >= 11 is 0. The molecule has 4 nitrogen and oxygen atoms in total. The van der Waals surface area contributed by atoms with Crippen LogP contribution < -0.4 is 0 Å². The molecule has 0 heterocycles. The van der Waals surface area contributed by atoms with Crippen LogP contribution in [-0.4, -0.2) is 23.7 Å². The summed E-state index contributed by atoms with van der Waals surface area (Å²) in [6.45, 7) is 13.2. The van der Waals surface area contributed by atoms with Gasteiger partial charge in [-0.25, -0.2) is 0 Å². The van der Waals surface area contributed by atoms with Crippen molar-refractivity contribution in [3.8, 4) is 0 Å². The van der Waals surface area contributed by atoms with Gasteiger partial charge in [-0.05, 0) is 39.5 Å². The molecule has 0 fully saturated rings. The molecule has 0 aromatic heterocycles. The lowest BCUT2D eigenvalue weighted by Gasteiger charge is -2.16. The van der Waals surface area contributed by atoms with Gasteiger partial charge < -0.3 is 9.84 Å². The highest BCUT2D eigenvalue weighted by Gasteiger charge is 2.22. The predicted octanol–water partition coefficient (Wildman–Crippen LogP) is 13.2. The minimum atomic E-state index is -0.655. The standard InChI is InChI=1S/C23H46O2.C16H32O2/c1-21(2)19-17-15-13-11-9-7-6-8-10-12-14-16-18-20-25-22(24)23(3,4)5;1-2-3-4-5-6-7-8-9-10-11-12-13-14-15-16(17)18/h21H,6-20H2,1-5H3;2-15H2,1H3,(H,17,18). The third-order valence-electron chi connectivity index (χ3n) is 8.27. The number of hydrogen-bond donors (Lipinski definition) is 1. The Balaban J connectivity index is 0. The van der Waals surface area contributed by atoms with Crippen LogP contribution in [0.4, 0.5) is 0 Å². The molecule has 0 aliphatic heterocycles. The van der Waals surface area contributed by atoms with Crippen molar-refractivity contribution >= 4 is 11.9 Å². The Hall–Kier alpha value is -1.06. The highest BCUT2D eigenvalue weighted by atomic mass is 16.5. The van der Waals surface area contributed by atoms with Gasteiger partial charge in [-0.15, -0.1) is 0 Å². The van der Waals surface area contributed by atoms with Gasteiger partial charge in [-0.2, -0.15) is 0 Å². The summed E-state index contributed by atoms with van der Waals surface area (Å²) in [5, 5.41) is 8.49. The number of hydrogen-bond acceptors (Lipinski definition) is 3. The van der Waals surface area contributed by atoms with Gasteiger partial charge in [-0.3, -0.25) is 9.59 Å². The molecule has 0 aliphatic rings. The van der Waals surface area contributed by atoms with E-state index in [0.717, 1.165) is 25.2 Å². The molecule has 0 aromatic rings. The molecule has 0 unspecified atom stereocenters. The average molecular weight is 611 g/mol. The Bertz CT molecular complexity index is 578. The molecule has 0 bridgehead atoms. The van der Waals surface area contributed by atoms with Crippen LogP contribution in [0.1, 0.15) is 221 Å². The van der Waals surface area contributed by atoms with Crippen molar-refractivity contribution in [2.24, 2.45) is 11.3 Å². The second-order valence-corrected chi connectivity index (χ2v) is 14.6. The topological polar surface area (TPSA) is 63.6 Å². The quantitative estimate of drug-likeness (QED) is 0.0649. The van der Waals surface area contributed by atoms with Crippen LogP contribution in [0.5, 0.6) is 0 Å². The van der Waals surface area contributed by atoms with Crippen LogP contribution in [-0.2, 0) is 14.3 Å². The minimum Gasteiger partial charge on any atom is -0.481 e. The number of carboxylic acids is 1. The first-order valence-corrected chi connectivity index (χ1v) is 19.0. The third kappa shape index (κ3) is 40.9. The summed E-state index contributed by atoms with van der Waals surface area (Å²) in [4.78, 5) is 21.9. The van der Waals surface area contributed by atoms with Crippen molar-refractivity contribution < 1.29 is 19.4 Å². The van der Waals surface area contributed by atoms with Crippen molar-refractivity contribution in [2.45, 2.75) is 221 Å². The van der Waals surface area contributed by atoms with Gasteiger partial charge >= 0.3 is 11.9 Å². The molecule has 0 rings (SSSR count). The van der Waals surface area contributed by atoms with E-state index in [1.165, 1.54) is 154 Å². The molecule has 43 heavy (non-hydrogen) atoms. The normalized spacial score (nSPS) is 11.4. The largest absolute Gasteiger partial charge is 0.481 e. The Morgan fingerprint density at radius 1 is 0.535 bits per heavy atom. The Morgan fingerprint density at radius 3 is 1.19 bits per heavy atom. The van der Waals surface area contributed by atoms with E-state index in [0.29, 0.717) is 13.0 Å². The van der Waals surface area contributed by atoms with E-state index in [4.69, 9.17) is 9.84 Å². The number of ether oxygens (including phenoxy) is 1. The Kier molecular flexibility index (Phi) is 34.7. The average Bonchev–Trinajstić information content (AvgIpc) is 2.94. The third-order valence-corrected chi connectivity index (χ3v) is 8.27. The van der Waals surface area contributed by atoms with E-state index in [1.54, 1.807) is 0 Å². The van der Waals surface area contributed by atoms with Crippen LogP contribution in [0.15, 0.2) is 0 Å². The van der Waals surface area contributed by atoms with Crippen molar-refractivity contribution in [3.63, 3.8) is 0 Å². The fourth-order valence-corrected chi connectivity index (χ4v) is 5.27. The molecular weight excluding hydrogens is 532 g/mol. The van der Waals surface area contributed by atoms with Gasteiger partial charge in [0.05, 0.1) is 12.0 Å². The lowest BCUT2D eigenvalue weighted by atomic mass is 9.97. The molecule has 0 radical (unpaired) electrons. The minimum absolute atomic E-state index is 0.0765. The van der Waals surface area contributed by atoms with Gasteiger partial charge in [0.1, 0.15) is 0 Å². The number of carbonyl (C=O) groups is 2. The molecule has 0 atom stereocenters. The highest BCUT2D eigenvalue weighted by molar-refractivity contribution is 5.75. The van der Waals surface area contributed by atoms with Gasteiger partial charge in [0.25, 0.3) is 0 Å². The maximum atomic E-state index is 11.6. The zero-order chi connectivity index (χ0) is 32.4. The molecular formula is C39H78O4. The summed E-state index contributed by atoms with van der Waals surface area (Å²) in [5.74, 6) is 0.143. The molecule has 258 valence electrons.